The van der Waals surface area contributed by atoms with E-state index >= 15 is 0 Å². The highest BCUT2D eigenvalue weighted by Crippen LogP contribution is 2.21. The molecule has 3 rings (SSSR count). The summed E-state index contributed by atoms with van der Waals surface area (Å²) in [6, 6.07) is 8.14. The molecule has 0 aliphatic carbocycles. The summed E-state index contributed by atoms with van der Waals surface area (Å²) in [4.78, 5) is 14.4. The van der Waals surface area contributed by atoms with Gasteiger partial charge in [-0.1, -0.05) is 23.7 Å². The maximum atomic E-state index is 12.3. The normalized spacial score (nSPS) is 17.9. The number of carbonyl (C=O) groups excluding carboxylic acids is 1. The minimum atomic E-state index is 0.285. The van der Waals surface area contributed by atoms with Gasteiger partial charge < -0.3 is 4.90 Å². The number of hydrogen-bond donors (Lipinski definition) is 0. The average Bonchev–Trinajstić information content (AvgIpc) is 3.04. The Kier molecular flexibility index (Phi) is 5.56. The van der Waals surface area contributed by atoms with Crippen molar-refractivity contribution in [1.29, 1.82) is 0 Å². The lowest BCUT2D eigenvalue weighted by Crippen LogP contribution is -2.41. The van der Waals surface area contributed by atoms with Crippen LogP contribution in [0.25, 0.3) is 11.1 Å². The first-order valence-corrected chi connectivity index (χ1v) is 9.09. The van der Waals surface area contributed by atoms with Crippen LogP contribution in [0.4, 0.5) is 0 Å². The minimum Gasteiger partial charge on any atom is -0.340 e. The first-order chi connectivity index (χ1) is 11.6. The SMILES string of the molecule is C[C@H]1CCCCN1C(=O)CCCn1cc(-c2ccc(Cl)cc2)cn1. The molecular weight excluding hydrogens is 322 g/mol. The number of aromatic nitrogens is 2. The Labute approximate surface area is 148 Å². The zero-order chi connectivity index (χ0) is 16.9. The van der Waals surface area contributed by atoms with Crippen LogP contribution in [0, 0.1) is 0 Å². The lowest BCUT2D eigenvalue weighted by Gasteiger charge is -2.33. The van der Waals surface area contributed by atoms with Gasteiger partial charge in [-0.2, -0.15) is 5.10 Å². The second-order valence-corrected chi connectivity index (χ2v) is 6.97. The van der Waals surface area contributed by atoms with E-state index in [1.54, 1.807) is 0 Å². The molecule has 1 aromatic carbocycles. The summed E-state index contributed by atoms with van der Waals surface area (Å²) in [6.45, 7) is 3.84. The molecule has 128 valence electrons. The average molecular weight is 346 g/mol. The summed E-state index contributed by atoms with van der Waals surface area (Å²) in [5.41, 5.74) is 2.17. The van der Waals surface area contributed by atoms with Crippen LogP contribution >= 0.6 is 11.6 Å². The Bertz CT molecular complexity index is 680. The number of halogens is 1. The van der Waals surface area contributed by atoms with Crippen LogP contribution in [0.15, 0.2) is 36.7 Å². The Hall–Kier alpha value is -1.81. The van der Waals surface area contributed by atoms with Crippen molar-refractivity contribution < 1.29 is 4.79 Å². The van der Waals surface area contributed by atoms with Gasteiger partial charge in [0.05, 0.1) is 6.20 Å². The van der Waals surface area contributed by atoms with Gasteiger partial charge in [-0.05, 0) is 50.3 Å². The van der Waals surface area contributed by atoms with E-state index in [1.807, 2.05) is 46.2 Å². The van der Waals surface area contributed by atoms with E-state index in [1.165, 1.54) is 6.42 Å². The van der Waals surface area contributed by atoms with Crippen molar-refractivity contribution in [2.75, 3.05) is 6.54 Å². The number of piperidine rings is 1. The van der Waals surface area contributed by atoms with Crippen molar-refractivity contribution in [2.45, 2.75) is 51.6 Å². The topological polar surface area (TPSA) is 38.1 Å². The number of benzene rings is 1. The largest absolute Gasteiger partial charge is 0.340 e. The van der Waals surface area contributed by atoms with E-state index in [0.29, 0.717) is 12.5 Å². The van der Waals surface area contributed by atoms with E-state index in [-0.39, 0.29) is 5.91 Å². The maximum absolute atomic E-state index is 12.3. The summed E-state index contributed by atoms with van der Waals surface area (Å²) in [5, 5.41) is 5.13. The predicted molar refractivity (Wildman–Crippen MR) is 96.9 cm³/mol. The highest BCUT2D eigenvalue weighted by atomic mass is 35.5. The number of rotatable bonds is 5. The molecule has 2 heterocycles. The molecule has 1 saturated heterocycles. The van der Waals surface area contributed by atoms with E-state index < -0.39 is 0 Å². The summed E-state index contributed by atoms with van der Waals surface area (Å²) in [7, 11) is 0. The van der Waals surface area contributed by atoms with Crippen LogP contribution in [-0.4, -0.2) is 33.2 Å². The third-order valence-electron chi connectivity index (χ3n) is 4.71. The first-order valence-electron chi connectivity index (χ1n) is 8.71. The van der Waals surface area contributed by atoms with E-state index in [2.05, 4.69) is 12.0 Å². The van der Waals surface area contributed by atoms with Gasteiger partial charge in [0.2, 0.25) is 5.91 Å². The summed E-state index contributed by atoms with van der Waals surface area (Å²) < 4.78 is 1.91. The van der Waals surface area contributed by atoms with Crippen molar-refractivity contribution in [3.63, 3.8) is 0 Å². The van der Waals surface area contributed by atoms with Crippen molar-refractivity contribution in [3.8, 4) is 11.1 Å². The summed E-state index contributed by atoms with van der Waals surface area (Å²) in [6.07, 6.45) is 8.82. The molecule has 0 bridgehead atoms. The fraction of sp³-hybridized carbons (Fsp3) is 0.474. The fourth-order valence-corrected chi connectivity index (χ4v) is 3.41. The van der Waals surface area contributed by atoms with Gasteiger partial charge in [0.25, 0.3) is 0 Å². The zero-order valence-corrected chi connectivity index (χ0v) is 14.9. The molecule has 0 saturated carbocycles. The van der Waals surface area contributed by atoms with Gasteiger partial charge in [-0.3, -0.25) is 9.48 Å². The second kappa shape index (κ2) is 7.84. The first kappa shape index (κ1) is 17.0. The molecule has 0 unspecified atom stereocenters. The van der Waals surface area contributed by atoms with E-state index in [9.17, 15) is 4.79 Å². The number of likely N-dealkylation sites (tertiary alicyclic amines) is 1. The molecule has 24 heavy (non-hydrogen) atoms. The van der Waals surface area contributed by atoms with Crippen LogP contribution in [0.3, 0.4) is 0 Å². The minimum absolute atomic E-state index is 0.285. The van der Waals surface area contributed by atoms with Gasteiger partial charge in [-0.15, -0.1) is 0 Å². The number of hydrogen-bond acceptors (Lipinski definition) is 2. The Morgan fingerprint density at radius 2 is 2.04 bits per heavy atom. The van der Waals surface area contributed by atoms with E-state index in [0.717, 1.165) is 48.5 Å². The van der Waals surface area contributed by atoms with Gasteiger partial charge in [0.15, 0.2) is 0 Å². The molecule has 1 fully saturated rings. The number of nitrogens with zero attached hydrogens (tertiary/aromatic N) is 3. The highest BCUT2D eigenvalue weighted by molar-refractivity contribution is 6.30. The molecule has 1 atom stereocenters. The van der Waals surface area contributed by atoms with Crippen molar-refractivity contribution in [3.05, 3.63) is 41.7 Å². The summed E-state index contributed by atoms with van der Waals surface area (Å²) >= 11 is 5.92. The molecule has 2 aromatic rings. The molecule has 5 heteroatoms. The Morgan fingerprint density at radius 3 is 2.79 bits per heavy atom. The van der Waals surface area contributed by atoms with Crippen molar-refractivity contribution in [1.82, 2.24) is 14.7 Å². The van der Waals surface area contributed by atoms with Crippen LogP contribution < -0.4 is 0 Å². The predicted octanol–water partition coefficient (Wildman–Crippen LogP) is 4.38. The monoisotopic (exact) mass is 345 g/mol. The van der Waals surface area contributed by atoms with Crippen LogP contribution in [0.2, 0.25) is 5.02 Å². The molecule has 1 aliphatic rings. The lowest BCUT2D eigenvalue weighted by atomic mass is 10.0. The molecule has 1 aliphatic heterocycles. The smallest absolute Gasteiger partial charge is 0.222 e. The Balaban J connectivity index is 1.50. The Morgan fingerprint density at radius 1 is 1.25 bits per heavy atom. The molecule has 1 amide bonds. The standard InChI is InChI=1S/C19H24ClN3O/c1-15-5-2-3-12-23(15)19(24)6-4-11-22-14-17(13-21-22)16-7-9-18(20)10-8-16/h7-10,13-15H,2-6,11-12H2,1H3/t15-/m0/s1. The molecule has 0 N–H and O–H groups in total. The third-order valence-corrected chi connectivity index (χ3v) is 4.96. The zero-order valence-electron chi connectivity index (χ0n) is 14.1. The fourth-order valence-electron chi connectivity index (χ4n) is 3.28. The third kappa shape index (κ3) is 4.18. The molecule has 0 spiro atoms. The van der Waals surface area contributed by atoms with Crippen molar-refractivity contribution >= 4 is 17.5 Å². The van der Waals surface area contributed by atoms with E-state index in [4.69, 9.17) is 11.6 Å². The number of carbonyl (C=O) groups is 1. The second-order valence-electron chi connectivity index (χ2n) is 6.53. The molecule has 1 aromatic heterocycles. The van der Waals surface area contributed by atoms with Crippen LogP contribution in [0.1, 0.15) is 39.0 Å². The quantitative estimate of drug-likeness (QED) is 0.806. The molecular formula is C19H24ClN3O. The van der Waals surface area contributed by atoms with Gasteiger partial charge in [0.1, 0.15) is 0 Å². The maximum Gasteiger partial charge on any atom is 0.222 e. The molecule has 0 radical (unpaired) electrons. The van der Waals surface area contributed by atoms with Gasteiger partial charge in [-0.25, -0.2) is 0 Å². The summed E-state index contributed by atoms with van der Waals surface area (Å²) in [5.74, 6) is 0.285. The lowest BCUT2D eigenvalue weighted by molar-refractivity contribution is -0.134. The van der Waals surface area contributed by atoms with Gasteiger partial charge >= 0.3 is 0 Å². The van der Waals surface area contributed by atoms with Crippen LogP contribution in [-0.2, 0) is 11.3 Å². The molecule has 4 nitrogen and oxygen atoms in total. The van der Waals surface area contributed by atoms with Crippen molar-refractivity contribution in [2.24, 2.45) is 0 Å². The van der Waals surface area contributed by atoms with Crippen LogP contribution in [0.5, 0.6) is 0 Å². The van der Waals surface area contributed by atoms with Gasteiger partial charge in [0, 0.05) is 42.3 Å². The number of aryl methyl sites for hydroxylation is 1. The highest BCUT2D eigenvalue weighted by Gasteiger charge is 2.22. The number of amides is 1.